The minimum Gasteiger partial charge on any atom is -0.480 e. The topological polar surface area (TPSA) is 99.1 Å². The van der Waals surface area contributed by atoms with Gasteiger partial charge >= 0.3 is 5.97 Å². The van der Waals surface area contributed by atoms with E-state index in [4.69, 9.17) is 9.84 Å². The highest BCUT2D eigenvalue weighted by Gasteiger charge is 2.41. The van der Waals surface area contributed by atoms with Crippen molar-refractivity contribution >= 4 is 11.9 Å². The molecule has 0 spiro atoms. The van der Waals surface area contributed by atoms with Crippen molar-refractivity contribution in [3.05, 3.63) is 0 Å². The van der Waals surface area contributed by atoms with E-state index in [1.807, 2.05) is 0 Å². The van der Waals surface area contributed by atoms with Crippen molar-refractivity contribution in [2.75, 3.05) is 26.2 Å². The second-order valence-corrected chi connectivity index (χ2v) is 4.30. The summed E-state index contributed by atoms with van der Waals surface area (Å²) in [5.74, 6) is -1.44. The standard InChI is InChI=1S/C10H16N2O5/c13-6-3-7(10(15)16)12(5-6)9(14)8-4-11-1-2-17-8/h6-8,11,13H,1-5H2,(H,15,16)/t6?,7-,8?/m0/s1. The van der Waals surface area contributed by atoms with Gasteiger partial charge in [-0.05, 0) is 0 Å². The van der Waals surface area contributed by atoms with Gasteiger partial charge in [0, 0.05) is 26.1 Å². The first kappa shape index (κ1) is 12.3. The highest BCUT2D eigenvalue weighted by molar-refractivity contribution is 5.87. The monoisotopic (exact) mass is 244 g/mol. The quantitative estimate of drug-likeness (QED) is 0.520. The van der Waals surface area contributed by atoms with Crippen molar-refractivity contribution in [3.63, 3.8) is 0 Å². The fourth-order valence-corrected chi connectivity index (χ4v) is 2.20. The summed E-state index contributed by atoms with van der Waals surface area (Å²) in [5, 5.41) is 21.5. The molecule has 2 aliphatic heterocycles. The number of nitrogens with zero attached hydrogens (tertiary/aromatic N) is 1. The number of carbonyl (C=O) groups excluding carboxylic acids is 1. The largest absolute Gasteiger partial charge is 0.480 e. The van der Waals surface area contributed by atoms with Crippen molar-refractivity contribution in [3.8, 4) is 0 Å². The second-order valence-electron chi connectivity index (χ2n) is 4.30. The van der Waals surface area contributed by atoms with Gasteiger partial charge in [0.15, 0.2) is 0 Å². The molecular formula is C10H16N2O5. The lowest BCUT2D eigenvalue weighted by Gasteiger charge is -2.29. The first-order valence-electron chi connectivity index (χ1n) is 5.63. The number of carboxylic acids is 1. The van der Waals surface area contributed by atoms with Crippen LogP contribution in [0.2, 0.25) is 0 Å². The number of morpholine rings is 1. The highest BCUT2D eigenvalue weighted by atomic mass is 16.5. The van der Waals surface area contributed by atoms with Crippen LogP contribution in [0.25, 0.3) is 0 Å². The predicted molar refractivity (Wildman–Crippen MR) is 56.4 cm³/mol. The van der Waals surface area contributed by atoms with Crippen LogP contribution in [0.15, 0.2) is 0 Å². The van der Waals surface area contributed by atoms with Crippen molar-refractivity contribution in [1.29, 1.82) is 0 Å². The molecule has 2 heterocycles. The molecule has 0 aliphatic carbocycles. The molecular weight excluding hydrogens is 228 g/mol. The number of hydrogen-bond donors (Lipinski definition) is 3. The van der Waals surface area contributed by atoms with Gasteiger partial charge in [-0.3, -0.25) is 4.79 Å². The van der Waals surface area contributed by atoms with Crippen LogP contribution in [0.4, 0.5) is 0 Å². The smallest absolute Gasteiger partial charge is 0.326 e. The molecule has 96 valence electrons. The number of hydrogen-bond acceptors (Lipinski definition) is 5. The van der Waals surface area contributed by atoms with Gasteiger partial charge in [-0.15, -0.1) is 0 Å². The van der Waals surface area contributed by atoms with Gasteiger partial charge < -0.3 is 25.2 Å². The fraction of sp³-hybridized carbons (Fsp3) is 0.800. The number of amides is 1. The average molecular weight is 244 g/mol. The van der Waals surface area contributed by atoms with E-state index in [0.717, 1.165) is 0 Å². The van der Waals surface area contributed by atoms with Crippen LogP contribution in [-0.4, -0.2) is 71.5 Å². The molecule has 0 radical (unpaired) electrons. The summed E-state index contributed by atoms with van der Waals surface area (Å²) in [6.07, 6.45) is -1.33. The maximum atomic E-state index is 12.0. The molecule has 2 rings (SSSR count). The first-order valence-corrected chi connectivity index (χ1v) is 5.63. The lowest BCUT2D eigenvalue weighted by Crippen LogP contribution is -2.52. The van der Waals surface area contributed by atoms with Gasteiger partial charge in [-0.25, -0.2) is 4.79 Å². The van der Waals surface area contributed by atoms with Crippen LogP contribution in [0.5, 0.6) is 0 Å². The van der Waals surface area contributed by atoms with E-state index >= 15 is 0 Å². The molecule has 3 N–H and O–H groups in total. The van der Waals surface area contributed by atoms with E-state index in [1.54, 1.807) is 0 Å². The van der Waals surface area contributed by atoms with Crippen LogP contribution in [0, 0.1) is 0 Å². The summed E-state index contributed by atoms with van der Waals surface area (Å²) in [5.41, 5.74) is 0. The summed E-state index contributed by atoms with van der Waals surface area (Å²) in [6, 6.07) is -0.942. The van der Waals surface area contributed by atoms with E-state index in [-0.39, 0.29) is 18.9 Å². The summed E-state index contributed by atoms with van der Waals surface area (Å²) in [7, 11) is 0. The Kier molecular flexibility index (Phi) is 3.60. The highest BCUT2D eigenvalue weighted by Crippen LogP contribution is 2.20. The van der Waals surface area contributed by atoms with Crippen molar-refractivity contribution in [2.45, 2.75) is 24.7 Å². The Morgan fingerprint density at radius 1 is 1.41 bits per heavy atom. The lowest BCUT2D eigenvalue weighted by atomic mass is 10.2. The van der Waals surface area contributed by atoms with Crippen LogP contribution in [0.3, 0.4) is 0 Å². The Labute approximate surface area is 98.3 Å². The molecule has 0 aromatic rings. The lowest BCUT2D eigenvalue weighted by molar-refractivity contribution is -0.154. The number of aliphatic hydroxyl groups excluding tert-OH is 1. The predicted octanol–water partition coefficient (Wildman–Crippen LogP) is -1.98. The Morgan fingerprint density at radius 2 is 2.18 bits per heavy atom. The molecule has 0 bridgehead atoms. The number of carboxylic acid groups (broad SMARTS) is 1. The Morgan fingerprint density at radius 3 is 2.76 bits per heavy atom. The molecule has 7 heteroatoms. The van der Waals surface area contributed by atoms with Crippen molar-refractivity contribution in [2.24, 2.45) is 0 Å². The zero-order valence-corrected chi connectivity index (χ0v) is 9.33. The molecule has 17 heavy (non-hydrogen) atoms. The van der Waals surface area contributed by atoms with Crippen LogP contribution in [0.1, 0.15) is 6.42 Å². The third kappa shape index (κ3) is 2.56. The summed E-state index contributed by atoms with van der Waals surface area (Å²) >= 11 is 0. The number of aliphatic hydroxyl groups is 1. The Bertz CT molecular complexity index is 316. The summed E-state index contributed by atoms with van der Waals surface area (Å²) < 4.78 is 5.29. The molecule has 3 atom stereocenters. The molecule has 0 saturated carbocycles. The van der Waals surface area contributed by atoms with Crippen LogP contribution >= 0.6 is 0 Å². The zero-order valence-electron chi connectivity index (χ0n) is 9.33. The molecule has 0 aromatic heterocycles. The van der Waals surface area contributed by atoms with Gasteiger partial charge in [0.1, 0.15) is 12.1 Å². The minimum atomic E-state index is -1.08. The zero-order chi connectivity index (χ0) is 12.4. The second kappa shape index (κ2) is 4.99. The van der Waals surface area contributed by atoms with Gasteiger partial charge in [0.2, 0.25) is 0 Å². The third-order valence-electron chi connectivity index (χ3n) is 3.05. The molecule has 2 aliphatic rings. The first-order chi connectivity index (χ1) is 8.09. The van der Waals surface area contributed by atoms with Crippen molar-refractivity contribution < 1.29 is 24.5 Å². The third-order valence-corrected chi connectivity index (χ3v) is 3.05. The van der Waals surface area contributed by atoms with Crippen LogP contribution in [-0.2, 0) is 14.3 Å². The molecule has 1 amide bonds. The fourth-order valence-electron chi connectivity index (χ4n) is 2.20. The number of β-amino-alcohol motifs (C(OH)–C–C–N with tert-alkyl or cyclic N) is 1. The molecule has 7 nitrogen and oxygen atoms in total. The van der Waals surface area contributed by atoms with Gasteiger partial charge in [0.05, 0.1) is 12.7 Å². The summed E-state index contributed by atoms with van der Waals surface area (Å²) in [4.78, 5) is 24.2. The van der Waals surface area contributed by atoms with E-state index in [0.29, 0.717) is 19.7 Å². The van der Waals surface area contributed by atoms with E-state index in [1.165, 1.54) is 4.90 Å². The van der Waals surface area contributed by atoms with Crippen LogP contribution < -0.4 is 5.32 Å². The number of aliphatic carboxylic acids is 1. The van der Waals surface area contributed by atoms with Gasteiger partial charge in [0.25, 0.3) is 5.91 Å². The number of carbonyl (C=O) groups is 2. The summed E-state index contributed by atoms with van der Waals surface area (Å²) in [6.45, 7) is 1.58. The number of nitrogens with one attached hydrogen (secondary N) is 1. The Balaban J connectivity index is 2.04. The van der Waals surface area contributed by atoms with E-state index < -0.39 is 24.2 Å². The minimum absolute atomic E-state index is 0.0651. The maximum absolute atomic E-state index is 12.0. The number of likely N-dealkylation sites (tertiary alicyclic amines) is 1. The van der Waals surface area contributed by atoms with Crippen molar-refractivity contribution in [1.82, 2.24) is 10.2 Å². The number of ether oxygens (including phenoxy) is 1. The van der Waals surface area contributed by atoms with Gasteiger partial charge in [-0.1, -0.05) is 0 Å². The van der Waals surface area contributed by atoms with Gasteiger partial charge in [-0.2, -0.15) is 0 Å². The Hall–Kier alpha value is -1.18. The van der Waals surface area contributed by atoms with E-state index in [9.17, 15) is 14.7 Å². The van der Waals surface area contributed by atoms with E-state index in [2.05, 4.69) is 5.32 Å². The maximum Gasteiger partial charge on any atom is 0.326 e. The normalized spacial score (nSPS) is 33.7. The molecule has 0 aromatic carbocycles. The molecule has 2 saturated heterocycles. The number of rotatable bonds is 2. The molecule has 2 fully saturated rings. The SMILES string of the molecule is O=C(O)[C@@H]1CC(O)CN1C(=O)C1CNCCO1. The molecule has 2 unspecified atom stereocenters. The average Bonchev–Trinajstić information content (AvgIpc) is 2.72.